The molecule has 8 nitrogen and oxygen atoms in total. The molecule has 4 rings (SSSR count). The smallest absolute Gasteiger partial charge is 0.407 e. The molecule has 0 unspecified atom stereocenters. The third kappa shape index (κ3) is 5.60. The zero-order valence-corrected chi connectivity index (χ0v) is 19.0. The molecule has 0 saturated carbocycles. The van der Waals surface area contributed by atoms with E-state index in [9.17, 15) is 24.6 Å². The highest BCUT2D eigenvalue weighted by molar-refractivity contribution is 6.00. The normalized spacial score (nSPS) is 11.9. The number of aromatic carboxylic acids is 1. The summed E-state index contributed by atoms with van der Waals surface area (Å²) in [4.78, 5) is 35.6. The largest absolute Gasteiger partial charge is 0.508 e. The Balaban J connectivity index is 1.19. The number of rotatable bonds is 9. The van der Waals surface area contributed by atoms with Gasteiger partial charge in [-0.2, -0.15) is 0 Å². The summed E-state index contributed by atoms with van der Waals surface area (Å²) in [6.07, 6.45) is 0.702. The predicted molar refractivity (Wildman–Crippen MR) is 131 cm³/mol. The molecule has 4 N–H and O–H groups in total. The number of alkyl carbamates (subject to hydrolysis) is 1. The van der Waals surface area contributed by atoms with Gasteiger partial charge in [0.25, 0.3) is 0 Å². The molecule has 0 spiro atoms. The molecule has 3 aromatic rings. The van der Waals surface area contributed by atoms with Gasteiger partial charge in [0.1, 0.15) is 12.4 Å². The van der Waals surface area contributed by atoms with E-state index in [0.717, 1.165) is 28.3 Å². The van der Waals surface area contributed by atoms with Gasteiger partial charge in [0, 0.05) is 18.9 Å². The van der Waals surface area contributed by atoms with Gasteiger partial charge in [-0.15, -0.1) is 0 Å². The van der Waals surface area contributed by atoms with E-state index in [0.29, 0.717) is 19.4 Å². The molecule has 180 valence electrons. The first-order valence-electron chi connectivity index (χ1n) is 11.4. The maximum atomic E-state index is 12.2. The fourth-order valence-electron chi connectivity index (χ4n) is 4.28. The number of carbonyl (C=O) groups is 3. The molecule has 0 atom stereocenters. The van der Waals surface area contributed by atoms with E-state index in [-0.39, 0.29) is 41.9 Å². The molecular weight excluding hydrogens is 448 g/mol. The molecule has 0 aliphatic heterocycles. The number of nitrogens with one attached hydrogen (secondary N) is 2. The number of anilines is 1. The lowest BCUT2D eigenvalue weighted by molar-refractivity contribution is -0.116. The van der Waals surface area contributed by atoms with E-state index in [4.69, 9.17) is 4.74 Å². The van der Waals surface area contributed by atoms with Crippen molar-refractivity contribution in [3.63, 3.8) is 0 Å². The van der Waals surface area contributed by atoms with Crippen LogP contribution in [0.15, 0.2) is 66.7 Å². The molecule has 3 aromatic carbocycles. The second-order valence-electron chi connectivity index (χ2n) is 8.29. The van der Waals surface area contributed by atoms with Crippen molar-refractivity contribution in [2.24, 2.45) is 0 Å². The van der Waals surface area contributed by atoms with Crippen LogP contribution in [0.25, 0.3) is 11.1 Å². The van der Waals surface area contributed by atoms with Crippen LogP contribution in [0.5, 0.6) is 5.75 Å². The van der Waals surface area contributed by atoms with Gasteiger partial charge >= 0.3 is 12.1 Å². The number of carbonyl (C=O) groups excluding carboxylic acids is 2. The summed E-state index contributed by atoms with van der Waals surface area (Å²) >= 11 is 0. The van der Waals surface area contributed by atoms with Gasteiger partial charge in [0.05, 0.1) is 11.3 Å². The van der Waals surface area contributed by atoms with Gasteiger partial charge in [-0.05, 0) is 53.3 Å². The standard InChI is InChI=1S/C27H26N2O6/c30-17-12-13-24(22(15-17)26(32)33)29-25(31)11-5-6-14-28-27(34)35-16-23-20-9-3-1-7-18(20)19-8-2-4-10-21(19)23/h1-4,7-10,12-13,15,23,30H,5-6,11,14,16H2,(H,28,34)(H,29,31)(H,32,33). The van der Waals surface area contributed by atoms with Crippen LogP contribution in [0, 0.1) is 0 Å². The molecule has 0 saturated heterocycles. The van der Waals surface area contributed by atoms with Crippen LogP contribution < -0.4 is 10.6 Å². The highest BCUT2D eigenvalue weighted by Crippen LogP contribution is 2.44. The molecule has 0 aromatic heterocycles. The highest BCUT2D eigenvalue weighted by atomic mass is 16.5. The summed E-state index contributed by atoms with van der Waals surface area (Å²) in [7, 11) is 0. The molecule has 0 fully saturated rings. The lowest BCUT2D eigenvalue weighted by atomic mass is 9.98. The molecule has 1 aliphatic carbocycles. The number of unbranched alkanes of at least 4 members (excludes halogenated alkanes) is 1. The average Bonchev–Trinajstić information content (AvgIpc) is 3.17. The maximum Gasteiger partial charge on any atom is 0.407 e. The summed E-state index contributed by atoms with van der Waals surface area (Å²) in [6.45, 7) is 0.588. The number of hydrogen-bond acceptors (Lipinski definition) is 5. The number of carboxylic acid groups (broad SMARTS) is 1. The van der Waals surface area contributed by atoms with Crippen LogP contribution in [0.1, 0.15) is 46.7 Å². The third-order valence-electron chi connectivity index (χ3n) is 5.95. The quantitative estimate of drug-likeness (QED) is 0.262. The summed E-state index contributed by atoms with van der Waals surface area (Å²) in [5.74, 6) is -1.80. The number of ether oxygens (including phenoxy) is 1. The fourth-order valence-corrected chi connectivity index (χ4v) is 4.28. The van der Waals surface area contributed by atoms with Crippen LogP contribution in [0.2, 0.25) is 0 Å². The van der Waals surface area contributed by atoms with E-state index >= 15 is 0 Å². The second kappa shape index (κ2) is 10.7. The first kappa shape index (κ1) is 23.8. The van der Waals surface area contributed by atoms with E-state index in [1.165, 1.54) is 12.1 Å². The minimum atomic E-state index is -1.25. The van der Waals surface area contributed by atoms with Crippen molar-refractivity contribution < 1.29 is 29.3 Å². The number of phenolic OH excluding ortho intramolecular Hbond substituents is 1. The van der Waals surface area contributed by atoms with Gasteiger partial charge in [0.2, 0.25) is 5.91 Å². The summed E-state index contributed by atoms with van der Waals surface area (Å²) in [5.41, 5.74) is 4.56. The van der Waals surface area contributed by atoms with Gasteiger partial charge in [-0.1, -0.05) is 48.5 Å². The van der Waals surface area contributed by atoms with E-state index < -0.39 is 12.1 Å². The summed E-state index contributed by atoms with van der Waals surface area (Å²) in [5, 5.41) is 23.9. The average molecular weight is 475 g/mol. The number of phenols is 1. The highest BCUT2D eigenvalue weighted by Gasteiger charge is 2.28. The lowest BCUT2D eigenvalue weighted by Crippen LogP contribution is -2.27. The second-order valence-corrected chi connectivity index (χ2v) is 8.29. The van der Waals surface area contributed by atoms with Crippen LogP contribution in [-0.4, -0.2) is 41.3 Å². The van der Waals surface area contributed by atoms with E-state index in [2.05, 4.69) is 34.9 Å². The number of aromatic hydroxyl groups is 1. The monoisotopic (exact) mass is 474 g/mol. The molecule has 0 radical (unpaired) electrons. The van der Waals surface area contributed by atoms with Gasteiger partial charge in [-0.3, -0.25) is 4.79 Å². The SMILES string of the molecule is O=C(CCCCNC(=O)OCC1c2ccccc2-c2ccccc21)Nc1ccc(O)cc1C(=O)O. The molecule has 1 aliphatic rings. The Morgan fingerprint density at radius 2 is 1.54 bits per heavy atom. The zero-order chi connectivity index (χ0) is 24.8. The Bertz CT molecular complexity index is 1210. The van der Waals surface area contributed by atoms with Crippen molar-refractivity contribution in [2.45, 2.75) is 25.2 Å². The zero-order valence-electron chi connectivity index (χ0n) is 19.0. The van der Waals surface area contributed by atoms with Crippen LogP contribution in [0.3, 0.4) is 0 Å². The number of benzene rings is 3. The summed E-state index contributed by atoms with van der Waals surface area (Å²) in [6, 6.07) is 20.0. The maximum absolute atomic E-state index is 12.2. The Morgan fingerprint density at radius 1 is 0.886 bits per heavy atom. The van der Waals surface area contributed by atoms with Gasteiger partial charge in [-0.25, -0.2) is 9.59 Å². The fraction of sp³-hybridized carbons (Fsp3) is 0.222. The molecule has 0 heterocycles. The Labute approximate surface area is 202 Å². The molecule has 0 bridgehead atoms. The molecule has 35 heavy (non-hydrogen) atoms. The van der Waals surface area contributed by atoms with Crippen molar-refractivity contribution in [1.82, 2.24) is 5.32 Å². The summed E-state index contributed by atoms with van der Waals surface area (Å²) < 4.78 is 5.49. The Hall–Kier alpha value is -4.33. The van der Waals surface area contributed by atoms with E-state index in [1.807, 2.05) is 24.3 Å². The van der Waals surface area contributed by atoms with E-state index in [1.54, 1.807) is 0 Å². The van der Waals surface area contributed by atoms with Crippen molar-refractivity contribution in [3.8, 4) is 16.9 Å². The number of amides is 2. The van der Waals surface area contributed by atoms with Gasteiger partial charge < -0.3 is 25.6 Å². The number of fused-ring (bicyclic) bond motifs is 3. The molecule has 2 amide bonds. The topological polar surface area (TPSA) is 125 Å². The number of carboxylic acids is 1. The van der Waals surface area contributed by atoms with Crippen molar-refractivity contribution >= 4 is 23.7 Å². The Morgan fingerprint density at radius 3 is 2.20 bits per heavy atom. The Kier molecular flexibility index (Phi) is 7.30. The van der Waals surface area contributed by atoms with Gasteiger partial charge in [0.15, 0.2) is 0 Å². The molecular formula is C27H26N2O6. The van der Waals surface area contributed by atoms with Crippen LogP contribution >= 0.6 is 0 Å². The number of hydrogen-bond donors (Lipinski definition) is 4. The minimum absolute atomic E-state index is 0.00700. The van der Waals surface area contributed by atoms with Crippen molar-refractivity contribution in [3.05, 3.63) is 83.4 Å². The van der Waals surface area contributed by atoms with Crippen molar-refractivity contribution in [2.75, 3.05) is 18.5 Å². The first-order valence-corrected chi connectivity index (χ1v) is 11.4. The predicted octanol–water partition coefficient (Wildman–Crippen LogP) is 4.74. The van der Waals surface area contributed by atoms with Crippen LogP contribution in [0.4, 0.5) is 10.5 Å². The van der Waals surface area contributed by atoms with Crippen molar-refractivity contribution in [1.29, 1.82) is 0 Å². The first-order chi connectivity index (χ1) is 16.9. The third-order valence-corrected chi connectivity index (χ3v) is 5.95. The molecule has 8 heteroatoms. The lowest BCUT2D eigenvalue weighted by Gasteiger charge is -2.14. The van der Waals surface area contributed by atoms with Crippen LogP contribution in [-0.2, 0) is 9.53 Å². The minimum Gasteiger partial charge on any atom is -0.508 e.